The molecule has 0 atom stereocenters. The summed E-state index contributed by atoms with van der Waals surface area (Å²) in [4.78, 5) is 24.5. The van der Waals surface area contributed by atoms with Crippen LogP contribution < -0.4 is 4.90 Å². The molecule has 6 nitrogen and oxygen atoms in total. The van der Waals surface area contributed by atoms with Gasteiger partial charge in [0.25, 0.3) is 0 Å². The van der Waals surface area contributed by atoms with Crippen molar-refractivity contribution in [2.45, 2.75) is 18.9 Å². The van der Waals surface area contributed by atoms with Crippen molar-refractivity contribution in [3.05, 3.63) is 29.3 Å². The maximum atomic E-state index is 11.4. The van der Waals surface area contributed by atoms with Gasteiger partial charge in [0.2, 0.25) is 0 Å². The number of hydrogen-bond donors (Lipinski definition) is 2. The van der Waals surface area contributed by atoms with Crippen LogP contribution in [0.3, 0.4) is 0 Å². The number of methoxy groups -OCH3 is 1. The first-order chi connectivity index (χ1) is 9.54. The van der Waals surface area contributed by atoms with Gasteiger partial charge in [-0.25, -0.2) is 9.59 Å². The second-order valence-electron chi connectivity index (χ2n) is 4.73. The Labute approximate surface area is 116 Å². The van der Waals surface area contributed by atoms with Crippen molar-refractivity contribution in [1.29, 1.82) is 0 Å². The predicted octanol–water partition coefficient (Wildman–Crippen LogP) is 1.70. The largest absolute Gasteiger partial charge is 0.478 e. The summed E-state index contributed by atoms with van der Waals surface area (Å²) in [7, 11) is 1.66. The molecule has 0 unspecified atom stereocenters. The summed E-state index contributed by atoms with van der Waals surface area (Å²) in [5, 5.41) is 18.4. The maximum absolute atomic E-state index is 11.4. The predicted molar refractivity (Wildman–Crippen MR) is 72.6 cm³/mol. The van der Waals surface area contributed by atoms with Crippen molar-refractivity contribution >= 4 is 17.6 Å². The minimum absolute atomic E-state index is 0.143. The second-order valence-corrected chi connectivity index (χ2v) is 4.73. The van der Waals surface area contributed by atoms with E-state index in [1.807, 2.05) is 4.90 Å². The third kappa shape index (κ3) is 2.75. The number of carboxylic acid groups (broad SMARTS) is 2. The zero-order valence-corrected chi connectivity index (χ0v) is 11.2. The summed E-state index contributed by atoms with van der Waals surface area (Å²) in [5.41, 5.74) is 0.145. The molecule has 1 aromatic carbocycles. The molecule has 0 saturated carbocycles. The molecule has 0 spiro atoms. The van der Waals surface area contributed by atoms with E-state index in [-0.39, 0.29) is 17.2 Å². The monoisotopic (exact) mass is 279 g/mol. The third-order valence-electron chi connectivity index (χ3n) is 3.60. The quantitative estimate of drug-likeness (QED) is 0.872. The van der Waals surface area contributed by atoms with Crippen molar-refractivity contribution in [2.75, 3.05) is 25.1 Å². The maximum Gasteiger partial charge on any atom is 0.338 e. The SMILES string of the molecule is COC1CCN(c2cccc(C(=O)O)c2C(=O)O)CC1. The van der Waals surface area contributed by atoms with Crippen LogP contribution in [0.4, 0.5) is 5.69 Å². The molecule has 0 aromatic heterocycles. The van der Waals surface area contributed by atoms with Crippen molar-refractivity contribution in [1.82, 2.24) is 0 Å². The number of aromatic carboxylic acids is 2. The highest BCUT2D eigenvalue weighted by molar-refractivity contribution is 6.05. The lowest BCUT2D eigenvalue weighted by atomic mass is 10.0. The van der Waals surface area contributed by atoms with Gasteiger partial charge in [0.05, 0.1) is 22.9 Å². The van der Waals surface area contributed by atoms with Crippen LogP contribution in [0.2, 0.25) is 0 Å². The number of benzene rings is 1. The number of ether oxygens (including phenoxy) is 1. The second kappa shape index (κ2) is 5.92. The van der Waals surface area contributed by atoms with E-state index in [4.69, 9.17) is 9.84 Å². The molecule has 2 N–H and O–H groups in total. The molecule has 0 amide bonds. The smallest absolute Gasteiger partial charge is 0.338 e. The van der Waals surface area contributed by atoms with E-state index in [9.17, 15) is 14.7 Å². The number of hydrogen-bond acceptors (Lipinski definition) is 4. The number of anilines is 1. The van der Waals surface area contributed by atoms with E-state index in [2.05, 4.69) is 0 Å². The number of nitrogens with zero attached hydrogens (tertiary/aromatic N) is 1. The minimum atomic E-state index is -1.23. The van der Waals surface area contributed by atoms with Crippen LogP contribution in [0, 0.1) is 0 Å². The number of rotatable bonds is 4. The zero-order valence-electron chi connectivity index (χ0n) is 11.2. The van der Waals surface area contributed by atoms with Gasteiger partial charge in [-0.15, -0.1) is 0 Å². The van der Waals surface area contributed by atoms with Crippen LogP contribution in [0.25, 0.3) is 0 Å². The summed E-state index contributed by atoms with van der Waals surface area (Å²) >= 11 is 0. The van der Waals surface area contributed by atoms with Gasteiger partial charge in [0, 0.05) is 20.2 Å². The van der Waals surface area contributed by atoms with E-state index in [1.165, 1.54) is 6.07 Å². The fraction of sp³-hybridized carbons (Fsp3) is 0.429. The van der Waals surface area contributed by atoms with Crippen LogP contribution in [0.15, 0.2) is 18.2 Å². The standard InChI is InChI=1S/C14H17NO5/c1-20-9-5-7-15(8-6-9)11-4-2-3-10(13(16)17)12(11)14(18)19/h2-4,9H,5-8H2,1H3,(H,16,17)(H,18,19). The average molecular weight is 279 g/mol. The number of carboxylic acids is 2. The fourth-order valence-electron chi connectivity index (χ4n) is 2.54. The molecule has 108 valence electrons. The fourth-order valence-corrected chi connectivity index (χ4v) is 2.54. The highest BCUT2D eigenvalue weighted by Gasteiger charge is 2.26. The molecule has 1 saturated heterocycles. The van der Waals surface area contributed by atoms with Crippen LogP contribution in [0.1, 0.15) is 33.6 Å². The van der Waals surface area contributed by atoms with E-state index >= 15 is 0 Å². The topological polar surface area (TPSA) is 87.1 Å². The molecule has 1 aromatic rings. The summed E-state index contributed by atoms with van der Waals surface area (Å²) < 4.78 is 5.28. The Kier molecular flexibility index (Phi) is 4.24. The molecular formula is C14H17NO5. The molecule has 2 rings (SSSR count). The van der Waals surface area contributed by atoms with Crippen LogP contribution in [-0.4, -0.2) is 48.5 Å². The zero-order chi connectivity index (χ0) is 14.7. The first kappa shape index (κ1) is 14.3. The first-order valence-electron chi connectivity index (χ1n) is 6.42. The molecule has 1 heterocycles. The number of piperidine rings is 1. The lowest BCUT2D eigenvalue weighted by molar-refractivity contribution is 0.0651. The summed E-state index contributed by atoms with van der Waals surface area (Å²) in [6.45, 7) is 1.31. The van der Waals surface area contributed by atoms with Crippen LogP contribution >= 0.6 is 0 Å². The summed E-state index contributed by atoms with van der Waals surface area (Å²) in [6, 6.07) is 4.55. The van der Waals surface area contributed by atoms with Crippen LogP contribution in [0.5, 0.6) is 0 Å². The highest BCUT2D eigenvalue weighted by Crippen LogP contribution is 2.27. The highest BCUT2D eigenvalue weighted by atomic mass is 16.5. The third-order valence-corrected chi connectivity index (χ3v) is 3.60. The Hall–Kier alpha value is -2.08. The van der Waals surface area contributed by atoms with Crippen LogP contribution in [-0.2, 0) is 4.74 Å². The lowest BCUT2D eigenvalue weighted by Gasteiger charge is -2.33. The molecule has 0 radical (unpaired) electrons. The van der Waals surface area contributed by atoms with Gasteiger partial charge in [-0.3, -0.25) is 0 Å². The Morgan fingerprint density at radius 2 is 1.85 bits per heavy atom. The Balaban J connectivity index is 2.35. The first-order valence-corrected chi connectivity index (χ1v) is 6.42. The molecule has 0 aliphatic carbocycles. The summed E-state index contributed by atoms with van der Waals surface area (Å²) in [5.74, 6) is -2.44. The summed E-state index contributed by atoms with van der Waals surface area (Å²) in [6.07, 6.45) is 1.78. The molecule has 1 fully saturated rings. The Bertz CT molecular complexity index is 520. The normalized spacial score (nSPS) is 16.1. The lowest BCUT2D eigenvalue weighted by Crippen LogP contribution is -2.37. The van der Waals surface area contributed by atoms with Gasteiger partial charge in [-0.05, 0) is 25.0 Å². The Morgan fingerprint density at radius 1 is 1.20 bits per heavy atom. The molecule has 6 heteroatoms. The van der Waals surface area contributed by atoms with Crippen molar-refractivity contribution < 1.29 is 24.5 Å². The van der Waals surface area contributed by atoms with Crippen molar-refractivity contribution in [3.63, 3.8) is 0 Å². The van der Waals surface area contributed by atoms with Crippen molar-refractivity contribution in [2.24, 2.45) is 0 Å². The van der Waals surface area contributed by atoms with Gasteiger partial charge in [0.1, 0.15) is 0 Å². The van der Waals surface area contributed by atoms with Gasteiger partial charge >= 0.3 is 11.9 Å². The van der Waals surface area contributed by atoms with E-state index in [0.717, 1.165) is 12.8 Å². The van der Waals surface area contributed by atoms with E-state index < -0.39 is 11.9 Å². The molecular weight excluding hydrogens is 262 g/mol. The molecule has 1 aliphatic heterocycles. The van der Waals surface area contributed by atoms with Gasteiger partial charge in [0.15, 0.2) is 0 Å². The van der Waals surface area contributed by atoms with E-state index in [1.54, 1.807) is 19.2 Å². The van der Waals surface area contributed by atoms with Gasteiger partial charge in [-0.1, -0.05) is 6.07 Å². The van der Waals surface area contributed by atoms with Crippen molar-refractivity contribution in [3.8, 4) is 0 Å². The molecule has 1 aliphatic rings. The molecule has 0 bridgehead atoms. The Morgan fingerprint density at radius 3 is 2.35 bits per heavy atom. The average Bonchev–Trinajstić information content (AvgIpc) is 2.46. The molecule has 20 heavy (non-hydrogen) atoms. The van der Waals surface area contributed by atoms with E-state index in [0.29, 0.717) is 18.8 Å². The van der Waals surface area contributed by atoms with Gasteiger partial charge < -0.3 is 19.8 Å². The van der Waals surface area contributed by atoms with Gasteiger partial charge in [-0.2, -0.15) is 0 Å². The number of carbonyl (C=O) groups is 2. The minimum Gasteiger partial charge on any atom is -0.478 e.